The molecule has 6 heteroatoms. The van der Waals surface area contributed by atoms with Gasteiger partial charge in [0.05, 0.1) is 5.52 Å². The molecule has 4 aromatic rings. The predicted octanol–water partition coefficient (Wildman–Crippen LogP) is 6.90. The Kier molecular flexibility index (Phi) is 8.54. The van der Waals surface area contributed by atoms with Gasteiger partial charge in [0, 0.05) is 49.4 Å². The average Bonchev–Trinajstić information content (AvgIpc) is 2.96. The van der Waals surface area contributed by atoms with Crippen LogP contribution in [0.25, 0.3) is 10.9 Å². The zero-order valence-electron chi connectivity index (χ0n) is 24.0. The number of hydrogen-bond acceptors (Lipinski definition) is 5. The van der Waals surface area contributed by atoms with Crippen LogP contribution in [0.5, 0.6) is 5.75 Å². The maximum absolute atomic E-state index is 13.0. The Bertz CT molecular complexity index is 1440. The summed E-state index contributed by atoms with van der Waals surface area (Å²) < 4.78 is 6.09. The number of hydrogen-bond donors (Lipinski definition) is 2. The van der Waals surface area contributed by atoms with Crippen molar-refractivity contribution in [2.24, 2.45) is 5.92 Å². The van der Waals surface area contributed by atoms with Gasteiger partial charge in [-0.1, -0.05) is 48.5 Å². The number of pyridine rings is 1. The first kappa shape index (κ1) is 27.5. The van der Waals surface area contributed by atoms with Crippen LogP contribution in [0.2, 0.25) is 0 Å². The molecule has 1 heterocycles. The van der Waals surface area contributed by atoms with Crippen LogP contribution in [0.1, 0.15) is 52.7 Å². The largest absolute Gasteiger partial charge is 0.488 e. The number of nitrogens with zero attached hydrogens (tertiary/aromatic N) is 2. The smallest absolute Gasteiger partial charge is 0.251 e. The van der Waals surface area contributed by atoms with E-state index in [9.17, 15) is 4.79 Å². The second-order valence-corrected chi connectivity index (χ2v) is 11.2. The van der Waals surface area contributed by atoms with Crippen molar-refractivity contribution < 1.29 is 9.53 Å². The van der Waals surface area contributed by atoms with Crippen LogP contribution >= 0.6 is 0 Å². The van der Waals surface area contributed by atoms with Crippen molar-refractivity contribution in [3.05, 3.63) is 95.1 Å². The molecule has 6 nitrogen and oxygen atoms in total. The monoisotopic (exact) mass is 536 g/mol. The van der Waals surface area contributed by atoms with Gasteiger partial charge in [-0.15, -0.1) is 0 Å². The van der Waals surface area contributed by atoms with Gasteiger partial charge in [0.25, 0.3) is 5.91 Å². The summed E-state index contributed by atoms with van der Waals surface area (Å²) in [7, 11) is 4.14. The summed E-state index contributed by atoms with van der Waals surface area (Å²) in [5.41, 5.74) is 5.95. The number of amides is 1. The van der Waals surface area contributed by atoms with Gasteiger partial charge in [-0.3, -0.25) is 4.79 Å². The Balaban J connectivity index is 1.12. The summed E-state index contributed by atoms with van der Waals surface area (Å²) in [6.07, 6.45) is 4.29. The zero-order valence-corrected chi connectivity index (χ0v) is 24.0. The van der Waals surface area contributed by atoms with E-state index >= 15 is 0 Å². The molecule has 3 aromatic carbocycles. The first-order valence-corrected chi connectivity index (χ1v) is 14.3. The van der Waals surface area contributed by atoms with Gasteiger partial charge in [-0.05, 0) is 80.3 Å². The van der Waals surface area contributed by atoms with E-state index in [1.807, 2.05) is 50.2 Å². The third-order valence-corrected chi connectivity index (χ3v) is 7.87. The number of aromatic nitrogens is 1. The Morgan fingerprint density at radius 2 is 1.60 bits per heavy atom. The van der Waals surface area contributed by atoms with E-state index in [1.165, 1.54) is 5.69 Å². The summed E-state index contributed by atoms with van der Waals surface area (Å²) in [6.45, 7) is 5.22. The molecular weight excluding hydrogens is 496 g/mol. The summed E-state index contributed by atoms with van der Waals surface area (Å²) in [6, 6.07) is 24.8. The molecule has 1 fully saturated rings. The minimum absolute atomic E-state index is 0.0161. The van der Waals surface area contributed by atoms with Crippen LogP contribution in [0.3, 0.4) is 0 Å². The molecule has 0 spiro atoms. The third-order valence-electron chi connectivity index (χ3n) is 7.87. The van der Waals surface area contributed by atoms with E-state index in [-0.39, 0.29) is 5.91 Å². The summed E-state index contributed by atoms with van der Waals surface area (Å²) in [5, 5.41) is 8.03. The molecular formula is C34H40N4O2. The first-order chi connectivity index (χ1) is 19.4. The Hall–Kier alpha value is -4.06. The fourth-order valence-electron chi connectivity index (χ4n) is 5.70. The Morgan fingerprint density at radius 1 is 0.925 bits per heavy atom. The molecule has 5 rings (SSSR count). The number of rotatable bonds is 9. The lowest BCUT2D eigenvalue weighted by Gasteiger charge is -2.30. The van der Waals surface area contributed by atoms with Crippen molar-refractivity contribution in [1.82, 2.24) is 10.3 Å². The Morgan fingerprint density at radius 3 is 2.30 bits per heavy atom. The molecule has 1 aliphatic carbocycles. The van der Waals surface area contributed by atoms with E-state index in [1.54, 1.807) is 0 Å². The molecule has 0 bridgehead atoms. The number of carbonyl (C=O) groups is 1. The molecule has 1 aromatic heterocycles. The molecule has 2 N–H and O–H groups in total. The number of nitrogens with one attached hydrogen (secondary N) is 2. The van der Waals surface area contributed by atoms with E-state index in [0.717, 1.165) is 64.8 Å². The highest BCUT2D eigenvalue weighted by atomic mass is 16.5. The van der Waals surface area contributed by atoms with Crippen LogP contribution in [0.15, 0.2) is 72.8 Å². The van der Waals surface area contributed by atoms with Gasteiger partial charge >= 0.3 is 0 Å². The normalized spacial score (nSPS) is 16.9. The van der Waals surface area contributed by atoms with Crippen LogP contribution in [0.4, 0.5) is 11.5 Å². The molecule has 1 aliphatic rings. The van der Waals surface area contributed by atoms with Crippen molar-refractivity contribution in [1.29, 1.82) is 0 Å². The highest BCUT2D eigenvalue weighted by Gasteiger charge is 2.23. The van der Waals surface area contributed by atoms with Crippen LogP contribution < -0.4 is 20.3 Å². The number of ether oxygens (including phenoxy) is 1. The standard InChI is InChI=1S/C34H40N4O2/c1-23-18-27(19-24(2)33(23)40-22-26-10-6-5-7-11-26)34(39)35-21-25-14-16-28(17-15-25)36-32-20-31(38(3)4)29-12-8-9-13-30(29)37-32/h5-13,18-20,25,28H,14-17,21-22H2,1-4H3,(H,35,39)(H,36,37). The maximum atomic E-state index is 13.0. The Labute approximate surface area is 237 Å². The van der Waals surface area contributed by atoms with Gasteiger partial charge in [0.2, 0.25) is 0 Å². The lowest BCUT2D eigenvalue weighted by atomic mass is 9.86. The summed E-state index contributed by atoms with van der Waals surface area (Å²) in [5.74, 6) is 2.25. The van der Waals surface area contributed by atoms with Gasteiger partial charge in [-0.2, -0.15) is 0 Å². The van der Waals surface area contributed by atoms with Gasteiger partial charge < -0.3 is 20.3 Å². The number of fused-ring (bicyclic) bond motifs is 1. The van der Waals surface area contributed by atoms with Crippen LogP contribution in [0, 0.1) is 19.8 Å². The molecule has 0 radical (unpaired) electrons. The van der Waals surface area contributed by atoms with Gasteiger partial charge in [0.15, 0.2) is 0 Å². The summed E-state index contributed by atoms with van der Waals surface area (Å²) >= 11 is 0. The lowest BCUT2D eigenvalue weighted by Crippen LogP contribution is -2.34. The zero-order chi connectivity index (χ0) is 28.1. The molecule has 208 valence electrons. The highest BCUT2D eigenvalue weighted by Crippen LogP contribution is 2.31. The quantitative estimate of drug-likeness (QED) is 0.244. The van der Waals surface area contributed by atoms with Crippen molar-refractivity contribution >= 4 is 28.3 Å². The first-order valence-electron chi connectivity index (χ1n) is 14.3. The minimum Gasteiger partial charge on any atom is -0.488 e. The molecule has 0 unspecified atom stereocenters. The molecule has 0 saturated heterocycles. The fraction of sp³-hybridized carbons (Fsp3) is 0.353. The minimum atomic E-state index is -0.0161. The van der Waals surface area contributed by atoms with Gasteiger partial charge in [-0.25, -0.2) is 4.98 Å². The number of aryl methyl sites for hydroxylation is 2. The predicted molar refractivity (Wildman–Crippen MR) is 164 cm³/mol. The van der Waals surface area contributed by atoms with E-state index < -0.39 is 0 Å². The second kappa shape index (κ2) is 12.4. The van der Waals surface area contributed by atoms with Crippen molar-refractivity contribution in [2.45, 2.75) is 52.2 Å². The molecule has 40 heavy (non-hydrogen) atoms. The molecule has 0 aliphatic heterocycles. The topological polar surface area (TPSA) is 66.5 Å². The van der Waals surface area contributed by atoms with Gasteiger partial charge in [0.1, 0.15) is 18.2 Å². The second-order valence-electron chi connectivity index (χ2n) is 11.2. The van der Waals surface area contributed by atoms with E-state index in [4.69, 9.17) is 9.72 Å². The SMILES string of the molecule is Cc1cc(C(=O)NCC2CCC(Nc3cc(N(C)C)c4ccccc4n3)CC2)cc(C)c1OCc1ccccc1. The number of benzene rings is 3. The van der Waals surface area contributed by atoms with Crippen LogP contribution in [-0.2, 0) is 6.61 Å². The van der Waals surface area contributed by atoms with E-state index in [0.29, 0.717) is 30.7 Å². The van der Waals surface area contributed by atoms with Crippen molar-refractivity contribution in [3.8, 4) is 5.75 Å². The average molecular weight is 537 g/mol. The lowest BCUT2D eigenvalue weighted by molar-refractivity contribution is 0.0943. The molecule has 0 atom stereocenters. The fourth-order valence-corrected chi connectivity index (χ4v) is 5.70. The molecule has 1 saturated carbocycles. The van der Waals surface area contributed by atoms with Crippen LogP contribution in [-0.4, -0.2) is 37.6 Å². The van der Waals surface area contributed by atoms with Crippen molar-refractivity contribution in [2.75, 3.05) is 30.9 Å². The summed E-state index contributed by atoms with van der Waals surface area (Å²) in [4.78, 5) is 20.0. The third kappa shape index (κ3) is 6.56. The molecule has 1 amide bonds. The highest BCUT2D eigenvalue weighted by molar-refractivity contribution is 5.95. The number of para-hydroxylation sites is 1. The van der Waals surface area contributed by atoms with E-state index in [2.05, 4.69) is 66.0 Å². The maximum Gasteiger partial charge on any atom is 0.251 e. The van der Waals surface area contributed by atoms with Crippen molar-refractivity contribution in [3.63, 3.8) is 0 Å². The number of carbonyl (C=O) groups excluding carboxylic acids is 1. The number of anilines is 2.